The first-order chi connectivity index (χ1) is 21.4. The van der Waals surface area contributed by atoms with Crippen molar-refractivity contribution >= 4 is 23.7 Å². The van der Waals surface area contributed by atoms with Crippen molar-refractivity contribution in [2.24, 2.45) is 5.92 Å². The Kier molecular flexibility index (Phi) is 8.91. The molecule has 4 heterocycles. The third-order valence-electron chi connectivity index (χ3n) is 9.33. The average molecular weight is 601 g/mol. The number of likely N-dealkylation sites (tertiary alicyclic amines) is 1. The molecule has 0 saturated carbocycles. The molecule has 2 aromatic rings. The summed E-state index contributed by atoms with van der Waals surface area (Å²) in [5.41, 5.74) is 2.19. The zero-order valence-electron chi connectivity index (χ0n) is 25.0. The molecular weight excluding hydrogens is 560 g/mol. The fraction of sp³-hybridized carbons (Fsp3) is 0.485. The Morgan fingerprint density at radius 3 is 2.36 bits per heavy atom. The first-order valence-electron chi connectivity index (χ1n) is 15.4. The molecule has 0 spiro atoms. The van der Waals surface area contributed by atoms with E-state index in [9.17, 15) is 19.5 Å². The van der Waals surface area contributed by atoms with Gasteiger partial charge in [0.15, 0.2) is 0 Å². The van der Waals surface area contributed by atoms with Crippen molar-refractivity contribution in [1.82, 2.24) is 24.5 Å². The summed E-state index contributed by atoms with van der Waals surface area (Å²) in [5.74, 6) is 3.31. The molecule has 2 atom stereocenters. The number of urea groups is 1. The number of terminal acetylenes is 1. The number of carbonyl (C=O) groups excluding carboxylic acids is 2. The molecule has 4 aliphatic rings. The van der Waals surface area contributed by atoms with Crippen LogP contribution in [-0.4, -0.2) is 125 Å². The Bertz CT molecular complexity index is 1370. The van der Waals surface area contributed by atoms with E-state index in [2.05, 4.69) is 40.0 Å². The fourth-order valence-corrected chi connectivity index (χ4v) is 6.97. The molecule has 11 heteroatoms. The van der Waals surface area contributed by atoms with Gasteiger partial charge < -0.3 is 19.6 Å². The second-order valence-electron chi connectivity index (χ2n) is 12.1. The van der Waals surface area contributed by atoms with E-state index in [1.807, 2.05) is 23.1 Å². The summed E-state index contributed by atoms with van der Waals surface area (Å²) in [6.45, 7) is 6.61. The number of rotatable bonds is 8. The zero-order chi connectivity index (χ0) is 30.6. The lowest BCUT2D eigenvalue weighted by Gasteiger charge is -2.43. The molecule has 6 rings (SSSR count). The molecule has 2 aromatic carbocycles. The third-order valence-corrected chi connectivity index (χ3v) is 9.33. The predicted octanol–water partition coefficient (Wildman–Crippen LogP) is 2.69. The highest BCUT2D eigenvalue weighted by Crippen LogP contribution is 2.30. The van der Waals surface area contributed by atoms with E-state index in [-0.39, 0.29) is 25.6 Å². The van der Waals surface area contributed by atoms with Crippen molar-refractivity contribution < 1.29 is 24.2 Å². The Hall–Kier alpha value is -4.27. The van der Waals surface area contributed by atoms with Crippen LogP contribution in [-0.2, 0) is 11.3 Å². The molecule has 0 aromatic heterocycles. The predicted molar refractivity (Wildman–Crippen MR) is 165 cm³/mol. The first kappa shape index (κ1) is 29.8. The van der Waals surface area contributed by atoms with Crippen LogP contribution in [0, 0.1) is 18.3 Å². The fourth-order valence-electron chi connectivity index (χ4n) is 6.97. The Labute approximate surface area is 258 Å². The monoisotopic (exact) mass is 600 g/mol. The van der Waals surface area contributed by atoms with Crippen molar-refractivity contribution in [2.45, 2.75) is 31.6 Å². The van der Waals surface area contributed by atoms with Gasteiger partial charge in [0.25, 0.3) is 5.91 Å². The second-order valence-corrected chi connectivity index (χ2v) is 12.1. The van der Waals surface area contributed by atoms with Gasteiger partial charge >= 0.3 is 12.1 Å². The van der Waals surface area contributed by atoms with E-state index in [1.165, 1.54) is 15.4 Å². The van der Waals surface area contributed by atoms with Gasteiger partial charge in [-0.15, -0.1) is 6.42 Å². The van der Waals surface area contributed by atoms with Crippen LogP contribution in [0.3, 0.4) is 0 Å². The highest BCUT2D eigenvalue weighted by atomic mass is 16.5. The molecule has 0 aliphatic carbocycles. The summed E-state index contributed by atoms with van der Waals surface area (Å²) in [4.78, 5) is 50.6. The van der Waals surface area contributed by atoms with Crippen LogP contribution in [0.4, 0.5) is 15.3 Å². The number of carboxylic acid groups (broad SMARTS) is 1. The molecule has 1 unspecified atom stereocenters. The smallest absolute Gasteiger partial charge is 0.409 e. The Morgan fingerprint density at radius 2 is 1.66 bits per heavy atom. The van der Waals surface area contributed by atoms with Crippen molar-refractivity contribution in [1.29, 1.82) is 0 Å². The molecule has 4 aliphatic heterocycles. The van der Waals surface area contributed by atoms with Crippen LogP contribution in [0.2, 0.25) is 0 Å². The summed E-state index contributed by atoms with van der Waals surface area (Å²) in [6, 6.07) is 16.9. The minimum Gasteiger partial charge on any atom is -0.481 e. The molecule has 4 saturated heterocycles. The number of piperidine rings is 1. The Morgan fingerprint density at radius 1 is 0.909 bits per heavy atom. The van der Waals surface area contributed by atoms with E-state index in [4.69, 9.17) is 11.2 Å². The lowest BCUT2D eigenvalue weighted by atomic mass is 9.95. The largest absolute Gasteiger partial charge is 0.481 e. The number of hydrogen-bond acceptors (Lipinski definition) is 7. The Balaban J connectivity index is 1.07. The highest BCUT2D eigenvalue weighted by Gasteiger charge is 2.53. The van der Waals surface area contributed by atoms with Gasteiger partial charge in [-0.25, -0.2) is 14.5 Å². The highest BCUT2D eigenvalue weighted by molar-refractivity contribution is 6.05. The van der Waals surface area contributed by atoms with Crippen LogP contribution < -0.4 is 9.64 Å². The van der Waals surface area contributed by atoms with Crippen LogP contribution >= 0.6 is 0 Å². The molecule has 11 nitrogen and oxygen atoms in total. The SMILES string of the molecule is C#CCOc1ccc(N2CCN(C(=O)O)[C@@H](N3C(=O)C4CN(CC5CCN(Cc6ccccc6)CC5)CCN4C3=O)C2)cc1. The number of nitrogens with zero attached hydrogens (tertiary/aromatic N) is 6. The lowest BCUT2D eigenvalue weighted by Crippen LogP contribution is -2.63. The molecule has 232 valence electrons. The number of hydrogen-bond donors (Lipinski definition) is 1. The number of anilines is 1. The number of imide groups is 1. The first-order valence-corrected chi connectivity index (χ1v) is 15.4. The quantitative estimate of drug-likeness (QED) is 0.365. The van der Waals surface area contributed by atoms with Crippen LogP contribution in [0.1, 0.15) is 18.4 Å². The topological polar surface area (TPSA) is 100 Å². The van der Waals surface area contributed by atoms with E-state index < -0.39 is 24.3 Å². The van der Waals surface area contributed by atoms with E-state index >= 15 is 0 Å². The van der Waals surface area contributed by atoms with Gasteiger partial charge in [-0.1, -0.05) is 36.3 Å². The molecule has 44 heavy (non-hydrogen) atoms. The maximum absolute atomic E-state index is 13.8. The van der Waals surface area contributed by atoms with Crippen LogP contribution in [0.25, 0.3) is 0 Å². The zero-order valence-corrected chi connectivity index (χ0v) is 25.0. The average Bonchev–Trinajstić information content (AvgIpc) is 3.29. The normalized spacial score (nSPS) is 23.5. The maximum Gasteiger partial charge on any atom is 0.409 e. The summed E-state index contributed by atoms with van der Waals surface area (Å²) >= 11 is 0. The van der Waals surface area contributed by atoms with E-state index in [0.29, 0.717) is 37.8 Å². The van der Waals surface area contributed by atoms with Gasteiger partial charge in [0.1, 0.15) is 24.6 Å². The van der Waals surface area contributed by atoms with Crippen molar-refractivity contribution in [3.05, 3.63) is 60.2 Å². The van der Waals surface area contributed by atoms with Crippen molar-refractivity contribution in [2.75, 3.05) is 70.4 Å². The van der Waals surface area contributed by atoms with Gasteiger partial charge in [-0.05, 0) is 61.7 Å². The summed E-state index contributed by atoms with van der Waals surface area (Å²) in [7, 11) is 0. The summed E-state index contributed by atoms with van der Waals surface area (Å²) < 4.78 is 5.46. The molecule has 0 radical (unpaired) electrons. The number of fused-ring (bicyclic) bond motifs is 1. The lowest BCUT2D eigenvalue weighted by molar-refractivity contribution is -0.133. The summed E-state index contributed by atoms with van der Waals surface area (Å²) in [6.07, 6.45) is 5.44. The van der Waals surface area contributed by atoms with Gasteiger partial charge in [-0.2, -0.15) is 0 Å². The number of benzene rings is 2. The number of ether oxygens (including phenoxy) is 1. The van der Waals surface area contributed by atoms with Crippen LogP contribution in [0.5, 0.6) is 5.75 Å². The minimum absolute atomic E-state index is 0.168. The third kappa shape index (κ3) is 6.32. The number of amides is 4. The van der Waals surface area contributed by atoms with Crippen LogP contribution in [0.15, 0.2) is 54.6 Å². The van der Waals surface area contributed by atoms with Gasteiger partial charge in [0, 0.05) is 51.5 Å². The maximum atomic E-state index is 13.8. The molecule has 1 N–H and O–H groups in total. The van der Waals surface area contributed by atoms with Gasteiger partial charge in [0.2, 0.25) is 0 Å². The molecule has 0 bridgehead atoms. The minimum atomic E-state index is -1.14. The molecule has 4 fully saturated rings. The number of piperazine rings is 2. The number of carbonyl (C=O) groups is 3. The van der Waals surface area contributed by atoms with Gasteiger partial charge in [-0.3, -0.25) is 19.5 Å². The van der Waals surface area contributed by atoms with E-state index in [0.717, 1.165) is 44.7 Å². The van der Waals surface area contributed by atoms with E-state index in [1.54, 1.807) is 17.0 Å². The standard InChI is InChI=1S/C33H40N6O5/c1-2-20-44-28-10-8-27(9-11-28)36-17-19-38(33(42)43)30(24-36)39-31(40)29-23-35(16-18-37(29)32(39)41)22-26-12-14-34(15-13-26)21-25-6-4-3-5-7-25/h1,3-11,26,29-30H,12-24H2,(H,42,43)/t29?,30-/m0/s1. The molecule has 4 amide bonds. The molecular formula is C33H40N6O5. The van der Waals surface area contributed by atoms with Crippen molar-refractivity contribution in [3.8, 4) is 18.1 Å². The van der Waals surface area contributed by atoms with Crippen molar-refractivity contribution in [3.63, 3.8) is 0 Å². The van der Waals surface area contributed by atoms with Gasteiger partial charge in [0.05, 0.1) is 6.54 Å². The summed E-state index contributed by atoms with van der Waals surface area (Å²) in [5, 5.41) is 10.0. The second kappa shape index (κ2) is 13.2.